The summed E-state index contributed by atoms with van der Waals surface area (Å²) >= 11 is 0. The molecule has 35 heavy (non-hydrogen) atoms. The van der Waals surface area contributed by atoms with Crippen LogP contribution in [0.1, 0.15) is 41.6 Å². The minimum atomic E-state index is -0.277. The zero-order valence-corrected chi connectivity index (χ0v) is 20.1. The van der Waals surface area contributed by atoms with Gasteiger partial charge in [-0.25, -0.2) is 14.8 Å². The van der Waals surface area contributed by atoms with Crippen LogP contribution in [0.25, 0.3) is 0 Å². The van der Waals surface area contributed by atoms with Crippen molar-refractivity contribution in [3.8, 4) is 0 Å². The molecule has 1 saturated heterocycles. The van der Waals surface area contributed by atoms with Crippen LogP contribution in [0.5, 0.6) is 0 Å². The second-order valence-corrected chi connectivity index (χ2v) is 9.67. The Kier molecular flexibility index (Phi) is 5.98. The second kappa shape index (κ2) is 9.11. The van der Waals surface area contributed by atoms with Gasteiger partial charge < -0.3 is 5.32 Å². The van der Waals surface area contributed by atoms with Gasteiger partial charge in [-0.2, -0.15) is 0 Å². The summed E-state index contributed by atoms with van der Waals surface area (Å²) in [5, 5.41) is 5.95. The standard InChI is InChI=1S/C27H30N6O2/c1-32(2)27(21-11-7-4-8-12-21)15-13-26(14-16-27)19-33(25(35)31-26)22-17-28-24(29-18-22)30-23(34)20-9-5-3-6-10-20/h3-12,17-18H,13-16,19H2,1-2H3,(H,31,35)(H,28,29,30,34)/t26-,27-. The van der Waals surface area contributed by atoms with Crippen molar-refractivity contribution in [1.82, 2.24) is 20.2 Å². The van der Waals surface area contributed by atoms with E-state index in [4.69, 9.17) is 0 Å². The molecule has 1 aliphatic heterocycles. The summed E-state index contributed by atoms with van der Waals surface area (Å²) in [6, 6.07) is 19.4. The van der Waals surface area contributed by atoms with Gasteiger partial charge in [0.15, 0.2) is 0 Å². The van der Waals surface area contributed by atoms with Crippen LogP contribution >= 0.6 is 0 Å². The fourth-order valence-corrected chi connectivity index (χ4v) is 5.37. The summed E-state index contributed by atoms with van der Waals surface area (Å²) in [7, 11) is 4.28. The fourth-order valence-electron chi connectivity index (χ4n) is 5.37. The van der Waals surface area contributed by atoms with E-state index in [1.807, 2.05) is 12.1 Å². The van der Waals surface area contributed by atoms with E-state index < -0.39 is 0 Å². The van der Waals surface area contributed by atoms with E-state index in [2.05, 4.69) is 63.9 Å². The van der Waals surface area contributed by atoms with Crippen LogP contribution in [0, 0.1) is 0 Å². The highest BCUT2D eigenvalue weighted by Crippen LogP contribution is 2.46. The lowest BCUT2D eigenvalue weighted by atomic mass is 9.69. The summed E-state index contributed by atoms with van der Waals surface area (Å²) in [5.41, 5.74) is 2.16. The Morgan fingerprint density at radius 2 is 1.54 bits per heavy atom. The van der Waals surface area contributed by atoms with Gasteiger partial charge in [0.25, 0.3) is 5.91 Å². The van der Waals surface area contributed by atoms with E-state index in [-0.39, 0.29) is 29.0 Å². The second-order valence-electron chi connectivity index (χ2n) is 9.67. The van der Waals surface area contributed by atoms with E-state index in [1.54, 1.807) is 41.6 Å². The topological polar surface area (TPSA) is 90.5 Å². The van der Waals surface area contributed by atoms with E-state index in [1.165, 1.54) is 5.56 Å². The Labute approximate surface area is 205 Å². The van der Waals surface area contributed by atoms with Crippen LogP contribution < -0.4 is 15.5 Å². The van der Waals surface area contributed by atoms with Crippen LogP contribution in [0.2, 0.25) is 0 Å². The molecule has 2 aliphatic rings. The lowest BCUT2D eigenvalue weighted by Gasteiger charge is -2.48. The third-order valence-electron chi connectivity index (χ3n) is 7.49. The Morgan fingerprint density at radius 1 is 0.943 bits per heavy atom. The number of hydrogen-bond donors (Lipinski definition) is 2. The number of hydrogen-bond acceptors (Lipinski definition) is 5. The molecule has 1 aromatic heterocycles. The highest BCUT2D eigenvalue weighted by atomic mass is 16.2. The van der Waals surface area contributed by atoms with Gasteiger partial charge in [-0.15, -0.1) is 0 Å². The molecule has 180 valence electrons. The first-order chi connectivity index (χ1) is 16.9. The van der Waals surface area contributed by atoms with Crippen LogP contribution in [-0.2, 0) is 5.54 Å². The predicted molar refractivity (Wildman–Crippen MR) is 135 cm³/mol. The maximum absolute atomic E-state index is 12.9. The lowest BCUT2D eigenvalue weighted by molar-refractivity contribution is 0.0658. The van der Waals surface area contributed by atoms with Crippen molar-refractivity contribution in [1.29, 1.82) is 0 Å². The molecular weight excluding hydrogens is 440 g/mol. The number of rotatable bonds is 5. The molecule has 8 nitrogen and oxygen atoms in total. The van der Waals surface area contributed by atoms with Crippen molar-refractivity contribution in [2.24, 2.45) is 0 Å². The first kappa shape index (κ1) is 23.0. The molecule has 3 amide bonds. The molecule has 0 unspecified atom stereocenters. The molecule has 1 spiro atoms. The number of carbonyl (C=O) groups is 2. The summed E-state index contributed by atoms with van der Waals surface area (Å²) in [5.74, 6) is -0.0746. The molecule has 0 atom stereocenters. The average Bonchev–Trinajstić information content (AvgIpc) is 3.21. The number of amides is 3. The summed E-state index contributed by atoms with van der Waals surface area (Å²) < 4.78 is 0. The first-order valence-corrected chi connectivity index (χ1v) is 11.9. The number of carbonyl (C=O) groups excluding carboxylic acids is 2. The lowest BCUT2D eigenvalue weighted by Crippen LogP contribution is -2.54. The van der Waals surface area contributed by atoms with Crippen molar-refractivity contribution in [3.63, 3.8) is 0 Å². The largest absolute Gasteiger partial charge is 0.330 e. The number of urea groups is 1. The molecule has 0 radical (unpaired) electrons. The molecule has 2 N–H and O–H groups in total. The highest BCUT2D eigenvalue weighted by molar-refractivity contribution is 6.03. The van der Waals surface area contributed by atoms with Crippen LogP contribution in [0.3, 0.4) is 0 Å². The molecule has 1 aliphatic carbocycles. The van der Waals surface area contributed by atoms with Gasteiger partial charge in [-0.3, -0.25) is 19.9 Å². The third-order valence-corrected chi connectivity index (χ3v) is 7.49. The predicted octanol–water partition coefficient (Wildman–Crippen LogP) is 4.03. The van der Waals surface area contributed by atoms with Crippen LogP contribution in [0.4, 0.5) is 16.4 Å². The number of aromatic nitrogens is 2. The number of benzene rings is 2. The van der Waals surface area contributed by atoms with Gasteiger partial charge in [0.05, 0.1) is 30.2 Å². The van der Waals surface area contributed by atoms with Crippen molar-refractivity contribution in [3.05, 3.63) is 84.2 Å². The average molecular weight is 471 g/mol. The molecular formula is C27H30N6O2. The van der Waals surface area contributed by atoms with E-state index >= 15 is 0 Å². The minimum absolute atomic E-state index is 0.0353. The van der Waals surface area contributed by atoms with Gasteiger partial charge in [-0.05, 0) is 57.5 Å². The Bertz CT molecular complexity index is 1190. The van der Waals surface area contributed by atoms with Gasteiger partial charge >= 0.3 is 6.03 Å². The van der Waals surface area contributed by atoms with Crippen molar-refractivity contribution < 1.29 is 9.59 Å². The van der Waals surface area contributed by atoms with Gasteiger partial charge in [0.2, 0.25) is 5.95 Å². The molecule has 2 aromatic carbocycles. The van der Waals surface area contributed by atoms with E-state index in [0.717, 1.165) is 25.7 Å². The van der Waals surface area contributed by atoms with E-state index in [9.17, 15) is 9.59 Å². The van der Waals surface area contributed by atoms with Gasteiger partial charge in [0.1, 0.15) is 0 Å². The first-order valence-electron chi connectivity index (χ1n) is 11.9. The van der Waals surface area contributed by atoms with Crippen molar-refractivity contribution >= 4 is 23.6 Å². The fraction of sp³-hybridized carbons (Fsp3) is 0.333. The van der Waals surface area contributed by atoms with E-state index in [0.29, 0.717) is 17.8 Å². The Balaban J connectivity index is 1.27. The molecule has 3 aromatic rings. The normalized spacial score (nSPS) is 24.0. The molecule has 8 heteroatoms. The zero-order valence-electron chi connectivity index (χ0n) is 20.1. The SMILES string of the molecule is CN(C)[C@]1(c2ccccc2)CC[C@@]2(CC1)CN(c1cnc(NC(=O)c3ccccc3)nc1)C(=O)N2. The van der Waals surface area contributed by atoms with Gasteiger partial charge in [0, 0.05) is 11.1 Å². The van der Waals surface area contributed by atoms with Crippen LogP contribution in [0.15, 0.2) is 73.1 Å². The number of nitrogens with one attached hydrogen (secondary N) is 2. The third kappa shape index (κ3) is 4.37. The number of nitrogens with zero attached hydrogens (tertiary/aromatic N) is 4. The quantitative estimate of drug-likeness (QED) is 0.588. The minimum Gasteiger partial charge on any atom is -0.330 e. The Morgan fingerprint density at radius 3 is 2.14 bits per heavy atom. The summed E-state index contributed by atoms with van der Waals surface area (Å²) in [4.78, 5) is 37.8. The molecule has 2 heterocycles. The monoisotopic (exact) mass is 470 g/mol. The molecule has 5 rings (SSSR count). The van der Waals surface area contributed by atoms with Gasteiger partial charge in [-0.1, -0.05) is 48.5 Å². The van der Waals surface area contributed by atoms with Crippen molar-refractivity contribution in [2.45, 2.75) is 36.8 Å². The molecule has 1 saturated carbocycles. The molecule has 0 bridgehead atoms. The summed E-state index contributed by atoms with van der Waals surface area (Å²) in [6.07, 6.45) is 6.85. The maximum Gasteiger partial charge on any atom is 0.322 e. The van der Waals surface area contributed by atoms with Crippen molar-refractivity contribution in [2.75, 3.05) is 30.9 Å². The number of anilines is 2. The smallest absolute Gasteiger partial charge is 0.322 e. The highest BCUT2D eigenvalue weighted by Gasteiger charge is 2.50. The molecule has 2 fully saturated rings. The summed E-state index contributed by atoms with van der Waals surface area (Å²) in [6.45, 7) is 0.573. The maximum atomic E-state index is 12.9. The Hall–Kier alpha value is -3.78. The zero-order chi connectivity index (χ0) is 24.5. The van der Waals surface area contributed by atoms with Crippen LogP contribution in [-0.4, -0.2) is 53.0 Å².